The minimum Gasteiger partial charge on any atom is -0.309 e. The third-order valence-electron chi connectivity index (χ3n) is 2.26. The summed E-state index contributed by atoms with van der Waals surface area (Å²) < 4.78 is 1.14. The van der Waals surface area contributed by atoms with Gasteiger partial charge in [-0.1, -0.05) is 29.3 Å². The Morgan fingerprint density at radius 2 is 2.16 bits per heavy atom. The second-order valence-electron chi connectivity index (χ2n) is 3.70. The molecule has 0 aliphatic rings. The Bertz CT molecular complexity index is 656. The maximum atomic E-state index is 11.8. The van der Waals surface area contributed by atoms with Crippen molar-refractivity contribution in [1.29, 1.82) is 0 Å². The quantitative estimate of drug-likeness (QED) is 0.944. The Hall–Kier alpha value is -1.85. The number of halogens is 2. The van der Waals surface area contributed by atoms with E-state index in [-0.39, 0.29) is 22.5 Å². The molecule has 0 saturated heterocycles. The van der Waals surface area contributed by atoms with Gasteiger partial charge in [-0.15, -0.1) is 0 Å². The first kappa shape index (κ1) is 13.6. The fraction of sp³-hybridized carbons (Fsp3) is 0.0833. The van der Waals surface area contributed by atoms with E-state index in [9.17, 15) is 9.59 Å². The van der Waals surface area contributed by atoms with E-state index in [4.69, 9.17) is 23.2 Å². The zero-order valence-electron chi connectivity index (χ0n) is 9.64. The molecular weight excluding hydrogens is 289 g/mol. The zero-order chi connectivity index (χ0) is 13.8. The lowest BCUT2D eigenvalue weighted by molar-refractivity contribution is -0.116. The van der Waals surface area contributed by atoms with Gasteiger partial charge in [-0.25, -0.2) is 4.98 Å². The summed E-state index contributed by atoms with van der Waals surface area (Å²) >= 11 is 11.5. The maximum absolute atomic E-state index is 11.8. The number of rotatable bonds is 3. The van der Waals surface area contributed by atoms with E-state index in [2.05, 4.69) is 10.3 Å². The van der Waals surface area contributed by atoms with Gasteiger partial charge < -0.3 is 9.88 Å². The Labute approximate surface area is 118 Å². The Balaban J connectivity index is 2.14. The molecule has 0 aromatic carbocycles. The first-order valence-corrected chi connectivity index (χ1v) is 6.08. The lowest BCUT2D eigenvalue weighted by Gasteiger charge is -2.07. The predicted octanol–water partition coefficient (Wildman–Crippen LogP) is 2.19. The molecule has 19 heavy (non-hydrogen) atoms. The van der Waals surface area contributed by atoms with Crippen LogP contribution >= 0.6 is 23.2 Å². The standard InChI is InChI=1S/C12H9Cl2N3O2/c13-8-5-9(14)12(19)17(6-8)7-11(18)16-10-3-1-2-4-15-10/h1-6H,7H2,(H,15,16,18). The Morgan fingerprint density at radius 1 is 1.37 bits per heavy atom. The van der Waals surface area contributed by atoms with Crippen molar-refractivity contribution in [3.8, 4) is 0 Å². The second-order valence-corrected chi connectivity index (χ2v) is 4.55. The molecule has 0 saturated carbocycles. The van der Waals surface area contributed by atoms with Crippen LogP contribution in [0.4, 0.5) is 5.82 Å². The summed E-state index contributed by atoms with van der Waals surface area (Å²) in [6.07, 6.45) is 2.91. The van der Waals surface area contributed by atoms with Crippen LogP contribution in [-0.4, -0.2) is 15.5 Å². The van der Waals surface area contributed by atoms with Crippen LogP contribution in [0.3, 0.4) is 0 Å². The van der Waals surface area contributed by atoms with E-state index in [0.29, 0.717) is 5.82 Å². The van der Waals surface area contributed by atoms with Gasteiger partial charge in [0.05, 0.1) is 5.02 Å². The zero-order valence-corrected chi connectivity index (χ0v) is 11.1. The van der Waals surface area contributed by atoms with Crippen molar-refractivity contribution in [2.75, 3.05) is 5.32 Å². The molecule has 0 spiro atoms. The van der Waals surface area contributed by atoms with Crippen LogP contribution in [-0.2, 0) is 11.3 Å². The highest BCUT2D eigenvalue weighted by molar-refractivity contribution is 6.34. The van der Waals surface area contributed by atoms with E-state index in [1.807, 2.05) is 0 Å². The molecule has 98 valence electrons. The molecule has 1 N–H and O–H groups in total. The summed E-state index contributed by atoms with van der Waals surface area (Å²) in [7, 11) is 0. The van der Waals surface area contributed by atoms with Gasteiger partial charge in [0.2, 0.25) is 5.91 Å². The van der Waals surface area contributed by atoms with Gasteiger partial charge >= 0.3 is 0 Å². The van der Waals surface area contributed by atoms with Crippen LogP contribution in [0.1, 0.15) is 0 Å². The molecular formula is C12H9Cl2N3O2. The van der Waals surface area contributed by atoms with E-state index in [1.54, 1.807) is 24.4 Å². The lowest BCUT2D eigenvalue weighted by Crippen LogP contribution is -2.27. The molecule has 0 fully saturated rings. The van der Waals surface area contributed by atoms with Crippen LogP contribution in [0.5, 0.6) is 0 Å². The molecule has 0 radical (unpaired) electrons. The van der Waals surface area contributed by atoms with Crippen LogP contribution in [0.2, 0.25) is 10.0 Å². The van der Waals surface area contributed by atoms with Gasteiger partial charge in [0.15, 0.2) is 0 Å². The van der Waals surface area contributed by atoms with E-state index < -0.39 is 5.56 Å². The smallest absolute Gasteiger partial charge is 0.269 e. The molecule has 2 aromatic rings. The van der Waals surface area contributed by atoms with Crippen molar-refractivity contribution in [1.82, 2.24) is 9.55 Å². The summed E-state index contributed by atoms with van der Waals surface area (Å²) in [6.45, 7) is -0.185. The molecule has 0 unspecified atom stereocenters. The van der Waals surface area contributed by atoms with E-state index in [1.165, 1.54) is 12.3 Å². The number of hydrogen-bond acceptors (Lipinski definition) is 3. The van der Waals surface area contributed by atoms with Gasteiger partial charge in [0.1, 0.15) is 17.4 Å². The molecule has 0 aliphatic heterocycles. The van der Waals surface area contributed by atoms with Crippen molar-refractivity contribution in [2.24, 2.45) is 0 Å². The van der Waals surface area contributed by atoms with Gasteiger partial charge in [0, 0.05) is 12.4 Å². The highest BCUT2D eigenvalue weighted by atomic mass is 35.5. The lowest BCUT2D eigenvalue weighted by atomic mass is 10.4. The van der Waals surface area contributed by atoms with Gasteiger partial charge in [-0.05, 0) is 18.2 Å². The van der Waals surface area contributed by atoms with E-state index >= 15 is 0 Å². The highest BCUT2D eigenvalue weighted by Crippen LogP contribution is 2.11. The van der Waals surface area contributed by atoms with Crippen molar-refractivity contribution >= 4 is 34.9 Å². The number of carbonyl (C=O) groups excluding carboxylic acids is 1. The number of aromatic nitrogens is 2. The van der Waals surface area contributed by atoms with Gasteiger partial charge in [-0.3, -0.25) is 9.59 Å². The number of anilines is 1. The molecule has 5 nitrogen and oxygen atoms in total. The SMILES string of the molecule is O=C(Cn1cc(Cl)cc(Cl)c1=O)Nc1ccccn1. The number of hydrogen-bond donors (Lipinski definition) is 1. The number of carbonyl (C=O) groups is 1. The summed E-state index contributed by atoms with van der Waals surface area (Å²) in [5.41, 5.74) is -0.470. The van der Waals surface area contributed by atoms with Crippen LogP contribution in [0, 0.1) is 0 Å². The third kappa shape index (κ3) is 3.56. The summed E-state index contributed by atoms with van der Waals surface area (Å²) in [4.78, 5) is 27.4. The number of nitrogens with zero attached hydrogens (tertiary/aromatic N) is 2. The van der Waals surface area contributed by atoms with Gasteiger partial charge in [-0.2, -0.15) is 0 Å². The topological polar surface area (TPSA) is 64.0 Å². The Kier molecular flexibility index (Phi) is 4.19. The largest absolute Gasteiger partial charge is 0.309 e. The first-order valence-electron chi connectivity index (χ1n) is 5.32. The molecule has 0 aliphatic carbocycles. The average molecular weight is 298 g/mol. The molecule has 0 bridgehead atoms. The second kappa shape index (κ2) is 5.86. The fourth-order valence-corrected chi connectivity index (χ4v) is 1.96. The number of nitrogens with one attached hydrogen (secondary N) is 1. The molecule has 1 amide bonds. The summed E-state index contributed by atoms with van der Waals surface area (Å²) in [5, 5.41) is 2.82. The number of amides is 1. The van der Waals surface area contributed by atoms with Crippen molar-refractivity contribution in [2.45, 2.75) is 6.54 Å². The molecule has 0 atom stereocenters. The highest BCUT2D eigenvalue weighted by Gasteiger charge is 2.08. The minimum atomic E-state index is -0.470. The third-order valence-corrected chi connectivity index (χ3v) is 2.73. The molecule has 2 heterocycles. The Morgan fingerprint density at radius 3 is 2.84 bits per heavy atom. The maximum Gasteiger partial charge on any atom is 0.269 e. The molecule has 7 heteroatoms. The van der Waals surface area contributed by atoms with Crippen LogP contribution in [0.15, 0.2) is 41.5 Å². The normalized spacial score (nSPS) is 10.2. The van der Waals surface area contributed by atoms with Crippen molar-refractivity contribution in [3.63, 3.8) is 0 Å². The van der Waals surface area contributed by atoms with Gasteiger partial charge in [0.25, 0.3) is 5.56 Å². The van der Waals surface area contributed by atoms with Crippen LogP contribution < -0.4 is 10.9 Å². The van der Waals surface area contributed by atoms with E-state index in [0.717, 1.165) is 4.57 Å². The monoisotopic (exact) mass is 297 g/mol. The minimum absolute atomic E-state index is 0.0295. The van der Waals surface area contributed by atoms with Crippen LogP contribution in [0.25, 0.3) is 0 Å². The predicted molar refractivity (Wildman–Crippen MR) is 73.6 cm³/mol. The first-order chi connectivity index (χ1) is 9.06. The van der Waals surface area contributed by atoms with Crippen molar-refractivity contribution < 1.29 is 4.79 Å². The summed E-state index contributed by atoms with van der Waals surface area (Å²) in [5.74, 6) is 0.0211. The average Bonchev–Trinajstić information content (AvgIpc) is 2.36. The van der Waals surface area contributed by atoms with Crippen molar-refractivity contribution in [3.05, 3.63) is 57.1 Å². The molecule has 2 rings (SSSR count). The fourth-order valence-electron chi connectivity index (χ4n) is 1.46. The summed E-state index contributed by atoms with van der Waals surface area (Å²) in [6, 6.07) is 6.45. The molecule has 2 aromatic heterocycles. The number of pyridine rings is 2.